The molecule has 1 atom stereocenters. The van der Waals surface area contributed by atoms with Gasteiger partial charge in [0, 0.05) is 32.0 Å². The van der Waals surface area contributed by atoms with Gasteiger partial charge in [-0.1, -0.05) is 72.8 Å². The largest absolute Gasteiger partial charge is 0.497 e. The Morgan fingerprint density at radius 1 is 0.903 bits per heavy atom. The summed E-state index contributed by atoms with van der Waals surface area (Å²) in [6.07, 6.45) is -0.334. The molecule has 5 nitrogen and oxygen atoms in total. The van der Waals surface area contributed by atoms with E-state index in [0.29, 0.717) is 19.5 Å². The number of amides is 1. The number of nitrogens with one attached hydrogen (secondary N) is 2. The number of hydrogen-bond donors (Lipinski definition) is 3. The topological polar surface area (TPSA) is 70.6 Å². The van der Waals surface area contributed by atoms with Crippen molar-refractivity contribution in [2.24, 2.45) is 0 Å². The van der Waals surface area contributed by atoms with Crippen LogP contribution >= 0.6 is 0 Å². The predicted molar refractivity (Wildman–Crippen MR) is 123 cm³/mol. The fraction of sp³-hybridized carbons (Fsp3) is 0.269. The molecule has 0 saturated carbocycles. The van der Waals surface area contributed by atoms with Gasteiger partial charge in [0.2, 0.25) is 5.91 Å². The van der Waals surface area contributed by atoms with Crippen molar-refractivity contribution in [2.45, 2.75) is 25.0 Å². The predicted octanol–water partition coefficient (Wildman–Crippen LogP) is 3.48. The highest BCUT2D eigenvalue weighted by molar-refractivity contribution is 5.77. The third-order valence-corrected chi connectivity index (χ3v) is 5.17. The van der Waals surface area contributed by atoms with Crippen molar-refractivity contribution in [1.82, 2.24) is 10.6 Å². The van der Waals surface area contributed by atoms with Crippen LogP contribution in [0.3, 0.4) is 0 Å². The van der Waals surface area contributed by atoms with Gasteiger partial charge in [-0.05, 0) is 28.8 Å². The van der Waals surface area contributed by atoms with E-state index in [2.05, 4.69) is 10.6 Å². The number of benzene rings is 3. The Morgan fingerprint density at radius 3 is 2.16 bits per heavy atom. The molecule has 0 aliphatic rings. The van der Waals surface area contributed by atoms with Crippen LogP contribution in [0.15, 0.2) is 84.9 Å². The molecular weight excluding hydrogens is 388 g/mol. The summed E-state index contributed by atoms with van der Waals surface area (Å²) < 4.78 is 5.22. The fourth-order valence-corrected chi connectivity index (χ4v) is 3.53. The van der Waals surface area contributed by atoms with Gasteiger partial charge < -0.3 is 20.5 Å². The van der Waals surface area contributed by atoms with E-state index < -0.39 is 6.10 Å². The van der Waals surface area contributed by atoms with Crippen molar-refractivity contribution < 1.29 is 14.6 Å². The third kappa shape index (κ3) is 7.24. The molecule has 3 aromatic carbocycles. The number of hydrogen-bond acceptors (Lipinski definition) is 4. The summed E-state index contributed by atoms with van der Waals surface area (Å²) in [5, 5.41) is 16.3. The monoisotopic (exact) mass is 418 g/mol. The molecule has 1 amide bonds. The number of rotatable bonds is 11. The lowest BCUT2D eigenvalue weighted by atomic mass is 9.88. The molecule has 0 aliphatic carbocycles. The quantitative estimate of drug-likeness (QED) is 0.446. The molecule has 3 aromatic rings. The zero-order chi connectivity index (χ0) is 21.9. The second-order valence-electron chi connectivity index (χ2n) is 7.52. The van der Waals surface area contributed by atoms with Crippen LogP contribution in [0.5, 0.6) is 5.75 Å². The Morgan fingerprint density at radius 2 is 1.55 bits per heavy atom. The van der Waals surface area contributed by atoms with E-state index in [-0.39, 0.29) is 18.4 Å². The molecule has 162 valence electrons. The number of methoxy groups -OCH3 is 1. The first-order valence-corrected chi connectivity index (χ1v) is 10.5. The van der Waals surface area contributed by atoms with Gasteiger partial charge in [0.25, 0.3) is 0 Å². The van der Waals surface area contributed by atoms with Crippen molar-refractivity contribution in [3.05, 3.63) is 102 Å². The third-order valence-electron chi connectivity index (χ3n) is 5.17. The van der Waals surface area contributed by atoms with Crippen molar-refractivity contribution in [3.8, 4) is 5.75 Å². The van der Waals surface area contributed by atoms with Crippen LogP contribution in [0.2, 0.25) is 0 Å². The molecule has 1 unspecified atom stereocenters. The summed E-state index contributed by atoms with van der Waals surface area (Å²) in [5.74, 6) is 0.703. The van der Waals surface area contributed by atoms with E-state index in [1.807, 2.05) is 84.9 Å². The first-order valence-electron chi connectivity index (χ1n) is 10.5. The Labute approximate surface area is 184 Å². The maximum atomic E-state index is 12.6. The summed E-state index contributed by atoms with van der Waals surface area (Å²) in [6.45, 7) is 1.21. The Kier molecular flexibility index (Phi) is 8.64. The van der Waals surface area contributed by atoms with Gasteiger partial charge in [-0.3, -0.25) is 4.79 Å². The molecule has 0 fully saturated rings. The zero-order valence-electron chi connectivity index (χ0n) is 17.8. The molecule has 0 saturated heterocycles. The van der Waals surface area contributed by atoms with Crippen LogP contribution in [-0.4, -0.2) is 37.3 Å². The van der Waals surface area contributed by atoms with E-state index in [9.17, 15) is 9.90 Å². The van der Waals surface area contributed by atoms with E-state index >= 15 is 0 Å². The molecule has 0 aliphatic heterocycles. The van der Waals surface area contributed by atoms with Gasteiger partial charge in [-0.15, -0.1) is 0 Å². The molecule has 3 N–H and O–H groups in total. The van der Waals surface area contributed by atoms with Crippen LogP contribution in [0.4, 0.5) is 0 Å². The molecule has 3 rings (SSSR count). The standard InChI is InChI=1S/C26H30N2O3/c1-31-24-14-8-9-20(15-24)17-27-18-23(29)19-28-26(30)16-25(21-10-4-2-5-11-21)22-12-6-3-7-13-22/h2-15,23,25,27,29H,16-19H2,1H3,(H,28,30). The Hall–Kier alpha value is -3.15. The van der Waals surface area contributed by atoms with Crippen molar-refractivity contribution >= 4 is 5.91 Å². The van der Waals surface area contributed by atoms with Crippen LogP contribution in [0, 0.1) is 0 Å². The maximum Gasteiger partial charge on any atom is 0.221 e. The average Bonchev–Trinajstić information content (AvgIpc) is 2.82. The molecule has 31 heavy (non-hydrogen) atoms. The van der Waals surface area contributed by atoms with Crippen LogP contribution < -0.4 is 15.4 Å². The van der Waals surface area contributed by atoms with Gasteiger partial charge >= 0.3 is 0 Å². The SMILES string of the molecule is COc1cccc(CNCC(O)CNC(=O)CC(c2ccccc2)c2ccccc2)c1. The average molecular weight is 419 g/mol. The van der Waals surface area contributed by atoms with Crippen molar-refractivity contribution in [3.63, 3.8) is 0 Å². The highest BCUT2D eigenvalue weighted by Gasteiger charge is 2.18. The fourth-order valence-electron chi connectivity index (χ4n) is 3.53. The van der Waals surface area contributed by atoms with Gasteiger partial charge in [-0.25, -0.2) is 0 Å². The number of aliphatic hydroxyl groups excluding tert-OH is 1. The minimum absolute atomic E-state index is 0.0225. The second kappa shape index (κ2) is 11.9. The molecule has 0 aromatic heterocycles. The smallest absolute Gasteiger partial charge is 0.221 e. The summed E-state index contributed by atoms with van der Waals surface area (Å²) in [4.78, 5) is 12.6. The summed E-state index contributed by atoms with van der Waals surface area (Å²) in [5.41, 5.74) is 3.28. The normalized spacial score (nSPS) is 11.8. The molecule has 5 heteroatoms. The zero-order valence-corrected chi connectivity index (χ0v) is 17.8. The van der Waals surface area contributed by atoms with Gasteiger partial charge in [0.05, 0.1) is 13.2 Å². The first-order chi connectivity index (χ1) is 15.2. The van der Waals surface area contributed by atoms with Crippen molar-refractivity contribution in [2.75, 3.05) is 20.2 Å². The molecule has 0 radical (unpaired) electrons. The molecule has 0 heterocycles. The summed E-state index contributed by atoms with van der Waals surface area (Å²) in [7, 11) is 1.64. The number of carbonyl (C=O) groups is 1. The molecular formula is C26H30N2O3. The lowest BCUT2D eigenvalue weighted by molar-refractivity contribution is -0.121. The second-order valence-corrected chi connectivity index (χ2v) is 7.52. The minimum Gasteiger partial charge on any atom is -0.497 e. The lowest BCUT2D eigenvalue weighted by Gasteiger charge is -2.19. The van der Waals surface area contributed by atoms with Crippen LogP contribution in [0.1, 0.15) is 29.0 Å². The maximum absolute atomic E-state index is 12.6. The van der Waals surface area contributed by atoms with Crippen LogP contribution in [-0.2, 0) is 11.3 Å². The number of carbonyl (C=O) groups excluding carboxylic acids is 1. The summed E-state index contributed by atoms with van der Waals surface area (Å²) >= 11 is 0. The molecule has 0 spiro atoms. The van der Waals surface area contributed by atoms with Gasteiger partial charge in [0.1, 0.15) is 5.75 Å². The van der Waals surface area contributed by atoms with Gasteiger partial charge in [0.15, 0.2) is 0 Å². The number of ether oxygens (including phenoxy) is 1. The summed E-state index contributed by atoms with van der Waals surface area (Å²) in [6, 6.07) is 27.8. The number of aliphatic hydroxyl groups is 1. The van der Waals surface area contributed by atoms with E-state index in [0.717, 1.165) is 22.4 Å². The van der Waals surface area contributed by atoms with E-state index in [1.54, 1.807) is 7.11 Å². The highest BCUT2D eigenvalue weighted by Crippen LogP contribution is 2.27. The minimum atomic E-state index is -0.665. The Balaban J connectivity index is 1.47. The van der Waals surface area contributed by atoms with Crippen molar-refractivity contribution in [1.29, 1.82) is 0 Å². The van der Waals surface area contributed by atoms with Crippen LogP contribution in [0.25, 0.3) is 0 Å². The lowest BCUT2D eigenvalue weighted by Crippen LogP contribution is -2.38. The molecule has 0 bridgehead atoms. The highest BCUT2D eigenvalue weighted by atomic mass is 16.5. The Bertz CT molecular complexity index is 892. The van der Waals surface area contributed by atoms with Gasteiger partial charge in [-0.2, -0.15) is 0 Å². The van der Waals surface area contributed by atoms with E-state index in [4.69, 9.17) is 4.74 Å². The van der Waals surface area contributed by atoms with E-state index in [1.165, 1.54) is 0 Å². The first kappa shape index (κ1) is 22.5.